The molecule has 0 aliphatic heterocycles. The van der Waals surface area contributed by atoms with E-state index < -0.39 is 5.79 Å². The van der Waals surface area contributed by atoms with E-state index in [-0.39, 0.29) is 0 Å². The van der Waals surface area contributed by atoms with Crippen LogP contribution in [0.1, 0.15) is 19.8 Å². The number of hydrogen-bond donors (Lipinski definition) is 0. The molecule has 0 aliphatic rings. The standard InChI is InChI=1S/C7H13NO2/c1-7(9-2,10-3)5-4-6-8/h4-5H2,1-3H3. The van der Waals surface area contributed by atoms with Gasteiger partial charge in [-0.1, -0.05) is 0 Å². The van der Waals surface area contributed by atoms with Crippen molar-refractivity contribution >= 4 is 0 Å². The van der Waals surface area contributed by atoms with Crippen LogP contribution in [0.15, 0.2) is 0 Å². The summed E-state index contributed by atoms with van der Waals surface area (Å²) >= 11 is 0. The minimum absolute atomic E-state index is 0.457. The molecular weight excluding hydrogens is 130 g/mol. The van der Waals surface area contributed by atoms with Crippen LogP contribution >= 0.6 is 0 Å². The molecule has 10 heavy (non-hydrogen) atoms. The first-order valence-corrected chi connectivity index (χ1v) is 3.16. The van der Waals surface area contributed by atoms with E-state index in [4.69, 9.17) is 14.7 Å². The monoisotopic (exact) mass is 143 g/mol. The van der Waals surface area contributed by atoms with E-state index in [1.54, 1.807) is 14.2 Å². The Bertz CT molecular complexity index is 124. The first-order chi connectivity index (χ1) is 4.68. The SMILES string of the molecule is COC(C)(CCC#N)OC. The second kappa shape index (κ2) is 4.26. The third-order valence-corrected chi connectivity index (χ3v) is 1.55. The zero-order valence-corrected chi connectivity index (χ0v) is 6.68. The highest BCUT2D eigenvalue weighted by molar-refractivity contribution is 4.74. The molecule has 0 radical (unpaired) electrons. The van der Waals surface area contributed by atoms with Gasteiger partial charge in [0, 0.05) is 27.1 Å². The Hall–Kier alpha value is -0.590. The molecule has 0 aromatic rings. The molecule has 0 bridgehead atoms. The first-order valence-electron chi connectivity index (χ1n) is 3.16. The van der Waals surface area contributed by atoms with Crippen molar-refractivity contribution in [3.63, 3.8) is 0 Å². The Kier molecular flexibility index (Phi) is 4.01. The van der Waals surface area contributed by atoms with Crippen molar-refractivity contribution < 1.29 is 9.47 Å². The van der Waals surface area contributed by atoms with Crippen molar-refractivity contribution in [3.8, 4) is 6.07 Å². The van der Waals surface area contributed by atoms with Gasteiger partial charge < -0.3 is 9.47 Å². The van der Waals surface area contributed by atoms with E-state index >= 15 is 0 Å². The van der Waals surface area contributed by atoms with Crippen LogP contribution in [0.3, 0.4) is 0 Å². The summed E-state index contributed by atoms with van der Waals surface area (Å²) in [6, 6.07) is 2.03. The van der Waals surface area contributed by atoms with Gasteiger partial charge in [0.25, 0.3) is 0 Å². The smallest absolute Gasteiger partial charge is 0.165 e. The van der Waals surface area contributed by atoms with Crippen molar-refractivity contribution in [2.45, 2.75) is 25.6 Å². The predicted molar refractivity (Wildman–Crippen MR) is 37.3 cm³/mol. The maximum Gasteiger partial charge on any atom is 0.165 e. The van der Waals surface area contributed by atoms with Gasteiger partial charge in [0.05, 0.1) is 6.07 Å². The number of nitrogens with zero attached hydrogens (tertiary/aromatic N) is 1. The van der Waals surface area contributed by atoms with E-state index in [9.17, 15) is 0 Å². The van der Waals surface area contributed by atoms with Gasteiger partial charge in [-0.2, -0.15) is 5.26 Å². The molecule has 0 N–H and O–H groups in total. The molecule has 0 saturated heterocycles. The fourth-order valence-corrected chi connectivity index (χ4v) is 0.570. The molecule has 0 unspecified atom stereocenters. The third kappa shape index (κ3) is 2.81. The van der Waals surface area contributed by atoms with Crippen LogP contribution in [0.2, 0.25) is 0 Å². The van der Waals surface area contributed by atoms with Gasteiger partial charge in [-0.05, 0) is 6.92 Å². The molecule has 0 fully saturated rings. The summed E-state index contributed by atoms with van der Waals surface area (Å²) < 4.78 is 10.0. The quantitative estimate of drug-likeness (QED) is 0.557. The fraction of sp³-hybridized carbons (Fsp3) is 0.857. The van der Waals surface area contributed by atoms with Gasteiger partial charge in [-0.3, -0.25) is 0 Å². The summed E-state index contributed by atoms with van der Waals surface area (Å²) in [5.74, 6) is -0.588. The number of nitriles is 1. The largest absolute Gasteiger partial charge is 0.353 e. The zero-order valence-electron chi connectivity index (χ0n) is 6.68. The van der Waals surface area contributed by atoms with Gasteiger partial charge in [-0.15, -0.1) is 0 Å². The van der Waals surface area contributed by atoms with E-state index in [1.165, 1.54) is 0 Å². The molecular formula is C7H13NO2. The molecule has 3 nitrogen and oxygen atoms in total. The third-order valence-electron chi connectivity index (χ3n) is 1.55. The van der Waals surface area contributed by atoms with Crippen LogP contribution in [-0.2, 0) is 9.47 Å². The minimum Gasteiger partial charge on any atom is -0.353 e. The Morgan fingerprint density at radius 3 is 2.20 bits per heavy atom. The van der Waals surface area contributed by atoms with Crippen molar-refractivity contribution in [2.75, 3.05) is 14.2 Å². The first kappa shape index (κ1) is 9.41. The highest BCUT2D eigenvalue weighted by Gasteiger charge is 2.21. The predicted octanol–water partition coefficient (Wildman–Crippen LogP) is 1.30. The lowest BCUT2D eigenvalue weighted by Crippen LogP contribution is -2.29. The Balaban J connectivity index is 3.71. The minimum atomic E-state index is -0.588. The van der Waals surface area contributed by atoms with Crippen molar-refractivity contribution in [1.82, 2.24) is 0 Å². The highest BCUT2D eigenvalue weighted by Crippen LogP contribution is 2.16. The lowest BCUT2D eigenvalue weighted by Gasteiger charge is -2.24. The molecule has 0 aliphatic carbocycles. The summed E-state index contributed by atoms with van der Waals surface area (Å²) in [5, 5.41) is 8.26. The molecule has 0 aromatic heterocycles. The van der Waals surface area contributed by atoms with Crippen LogP contribution in [0.25, 0.3) is 0 Å². The molecule has 0 amide bonds. The second-order valence-electron chi connectivity index (χ2n) is 2.20. The molecule has 0 rings (SSSR count). The Morgan fingerprint density at radius 2 is 1.90 bits per heavy atom. The molecule has 0 saturated carbocycles. The van der Waals surface area contributed by atoms with Crippen molar-refractivity contribution in [3.05, 3.63) is 0 Å². The number of hydrogen-bond acceptors (Lipinski definition) is 3. The normalized spacial score (nSPS) is 11.0. The van der Waals surface area contributed by atoms with Gasteiger partial charge in [-0.25, -0.2) is 0 Å². The van der Waals surface area contributed by atoms with Crippen LogP contribution in [-0.4, -0.2) is 20.0 Å². The van der Waals surface area contributed by atoms with Gasteiger partial charge >= 0.3 is 0 Å². The average molecular weight is 143 g/mol. The van der Waals surface area contributed by atoms with E-state index in [0.717, 1.165) is 0 Å². The van der Waals surface area contributed by atoms with Gasteiger partial charge in [0.2, 0.25) is 0 Å². The van der Waals surface area contributed by atoms with Crippen LogP contribution in [0.5, 0.6) is 0 Å². The van der Waals surface area contributed by atoms with Crippen LogP contribution < -0.4 is 0 Å². The molecule has 3 heteroatoms. The van der Waals surface area contributed by atoms with E-state index in [0.29, 0.717) is 12.8 Å². The maximum absolute atomic E-state index is 8.26. The van der Waals surface area contributed by atoms with Gasteiger partial charge in [0.15, 0.2) is 5.79 Å². The van der Waals surface area contributed by atoms with E-state index in [2.05, 4.69) is 0 Å². The molecule has 0 aromatic carbocycles. The lowest BCUT2D eigenvalue weighted by molar-refractivity contribution is -0.196. The molecule has 0 atom stereocenters. The number of ether oxygens (including phenoxy) is 2. The summed E-state index contributed by atoms with van der Waals surface area (Å²) in [4.78, 5) is 0. The number of rotatable bonds is 4. The average Bonchev–Trinajstić information content (AvgIpc) is 2.00. The maximum atomic E-state index is 8.26. The molecule has 0 spiro atoms. The van der Waals surface area contributed by atoms with Crippen molar-refractivity contribution in [1.29, 1.82) is 5.26 Å². The molecule has 58 valence electrons. The second-order valence-corrected chi connectivity index (χ2v) is 2.20. The zero-order chi connectivity index (χ0) is 8.04. The topological polar surface area (TPSA) is 42.2 Å². The van der Waals surface area contributed by atoms with Crippen LogP contribution in [0.4, 0.5) is 0 Å². The molecule has 0 heterocycles. The fourth-order valence-electron chi connectivity index (χ4n) is 0.570. The van der Waals surface area contributed by atoms with Crippen molar-refractivity contribution in [2.24, 2.45) is 0 Å². The van der Waals surface area contributed by atoms with Gasteiger partial charge in [0.1, 0.15) is 0 Å². The summed E-state index contributed by atoms with van der Waals surface area (Å²) in [6.45, 7) is 1.81. The van der Waals surface area contributed by atoms with E-state index in [1.807, 2.05) is 13.0 Å². The lowest BCUT2D eigenvalue weighted by atomic mass is 10.2. The highest BCUT2D eigenvalue weighted by atomic mass is 16.7. The summed E-state index contributed by atoms with van der Waals surface area (Å²) in [6.07, 6.45) is 1.06. The van der Waals surface area contributed by atoms with Crippen LogP contribution in [0, 0.1) is 11.3 Å². The Labute approximate surface area is 61.5 Å². The number of methoxy groups -OCH3 is 2. The Morgan fingerprint density at radius 1 is 1.40 bits per heavy atom. The summed E-state index contributed by atoms with van der Waals surface area (Å²) in [5.41, 5.74) is 0. The summed E-state index contributed by atoms with van der Waals surface area (Å²) in [7, 11) is 3.14.